The van der Waals surface area contributed by atoms with Gasteiger partial charge >= 0.3 is 0 Å². The zero-order chi connectivity index (χ0) is 20.9. The number of aromatic nitrogens is 2. The molecule has 154 valence electrons. The number of aromatic amines is 1. The summed E-state index contributed by atoms with van der Waals surface area (Å²) in [7, 11) is 0. The number of nitrogens with one attached hydrogen (secondary N) is 2. The molecule has 0 radical (unpaired) electrons. The minimum atomic E-state index is -0.0526. The lowest BCUT2D eigenvalue weighted by atomic mass is 9.95. The summed E-state index contributed by atoms with van der Waals surface area (Å²) in [6.45, 7) is 1.71. The van der Waals surface area contributed by atoms with Crippen molar-refractivity contribution in [2.45, 2.75) is 19.4 Å². The maximum absolute atomic E-state index is 12.6. The van der Waals surface area contributed by atoms with E-state index in [0.29, 0.717) is 38.0 Å². The first-order valence-electron chi connectivity index (χ1n) is 10.0. The molecule has 0 aliphatic carbocycles. The Labute approximate surface area is 183 Å². The van der Waals surface area contributed by atoms with Gasteiger partial charge in [0.05, 0.1) is 5.69 Å². The molecule has 0 saturated carbocycles. The second kappa shape index (κ2) is 9.26. The summed E-state index contributed by atoms with van der Waals surface area (Å²) in [5.41, 5.74) is 3.76. The third kappa shape index (κ3) is 4.79. The molecule has 2 heterocycles. The summed E-state index contributed by atoms with van der Waals surface area (Å²) in [6.07, 6.45) is 3.10. The molecule has 1 aliphatic rings. The van der Waals surface area contributed by atoms with Gasteiger partial charge in [-0.25, -0.2) is 0 Å². The zero-order valence-electron chi connectivity index (χ0n) is 16.5. The van der Waals surface area contributed by atoms with Crippen molar-refractivity contribution >= 4 is 27.7 Å². The molecule has 2 N–H and O–H groups in total. The molecule has 6 nitrogen and oxygen atoms in total. The van der Waals surface area contributed by atoms with Gasteiger partial charge in [-0.3, -0.25) is 14.7 Å². The van der Waals surface area contributed by atoms with Crippen LogP contribution in [-0.4, -0.2) is 40.0 Å². The summed E-state index contributed by atoms with van der Waals surface area (Å²) in [6, 6.07) is 17.4. The molecular formula is C23H23BrN4O2. The molecule has 0 spiro atoms. The molecule has 0 bridgehead atoms. The van der Waals surface area contributed by atoms with Gasteiger partial charge in [0.1, 0.15) is 0 Å². The van der Waals surface area contributed by atoms with Gasteiger partial charge in [-0.05, 0) is 54.3 Å². The normalized spacial score (nSPS) is 14.5. The average molecular weight is 467 g/mol. The van der Waals surface area contributed by atoms with Gasteiger partial charge in [-0.15, -0.1) is 0 Å². The molecule has 1 aliphatic heterocycles. The number of piperidine rings is 1. The van der Waals surface area contributed by atoms with Gasteiger partial charge in [-0.1, -0.05) is 40.2 Å². The molecule has 4 rings (SSSR count). The Bertz CT molecular complexity index is 993. The lowest BCUT2D eigenvalue weighted by Gasteiger charge is -2.31. The van der Waals surface area contributed by atoms with Crippen molar-refractivity contribution in [3.63, 3.8) is 0 Å². The van der Waals surface area contributed by atoms with Gasteiger partial charge in [0.15, 0.2) is 0 Å². The second-order valence-electron chi connectivity index (χ2n) is 7.46. The molecule has 1 saturated heterocycles. The minimum absolute atomic E-state index is 0.0266. The largest absolute Gasteiger partial charge is 0.352 e. The number of benzene rings is 2. The maximum Gasteiger partial charge on any atom is 0.253 e. The summed E-state index contributed by atoms with van der Waals surface area (Å²) in [4.78, 5) is 27.0. The Morgan fingerprint density at radius 1 is 1.03 bits per heavy atom. The van der Waals surface area contributed by atoms with E-state index in [4.69, 9.17) is 0 Å². The number of H-pyrrole nitrogens is 1. The number of hydrogen-bond donors (Lipinski definition) is 2. The summed E-state index contributed by atoms with van der Waals surface area (Å²) >= 11 is 3.39. The lowest BCUT2D eigenvalue weighted by molar-refractivity contribution is -0.126. The van der Waals surface area contributed by atoms with Crippen LogP contribution in [0, 0.1) is 5.92 Å². The third-order valence-electron chi connectivity index (χ3n) is 5.48. The van der Waals surface area contributed by atoms with Gasteiger partial charge in [0.2, 0.25) is 5.91 Å². The molecule has 1 aromatic heterocycles. The van der Waals surface area contributed by atoms with Crippen LogP contribution >= 0.6 is 15.9 Å². The number of carbonyl (C=O) groups excluding carboxylic acids is 2. The van der Waals surface area contributed by atoms with Gasteiger partial charge in [-0.2, -0.15) is 5.10 Å². The van der Waals surface area contributed by atoms with Crippen LogP contribution in [0.1, 0.15) is 28.8 Å². The number of carbonyl (C=O) groups is 2. The Morgan fingerprint density at radius 3 is 2.37 bits per heavy atom. The average Bonchev–Trinajstić information content (AvgIpc) is 3.33. The molecule has 2 amide bonds. The van der Waals surface area contributed by atoms with Gasteiger partial charge in [0.25, 0.3) is 5.91 Å². The van der Waals surface area contributed by atoms with Crippen LogP contribution in [0.25, 0.3) is 11.3 Å². The van der Waals surface area contributed by atoms with E-state index < -0.39 is 0 Å². The Hall–Kier alpha value is -2.93. The van der Waals surface area contributed by atoms with Gasteiger partial charge in [0, 0.05) is 41.8 Å². The highest BCUT2D eigenvalue weighted by molar-refractivity contribution is 9.10. The van der Waals surface area contributed by atoms with Crippen LogP contribution < -0.4 is 5.32 Å². The fourth-order valence-electron chi connectivity index (χ4n) is 3.67. The van der Waals surface area contributed by atoms with Crippen LogP contribution in [0.3, 0.4) is 0 Å². The molecule has 2 aromatic carbocycles. The zero-order valence-corrected chi connectivity index (χ0v) is 18.1. The van der Waals surface area contributed by atoms with Crippen molar-refractivity contribution in [1.82, 2.24) is 20.4 Å². The highest BCUT2D eigenvalue weighted by Crippen LogP contribution is 2.21. The van der Waals surface area contributed by atoms with Crippen LogP contribution in [0.2, 0.25) is 0 Å². The second-order valence-corrected chi connectivity index (χ2v) is 8.37. The standard InChI is InChI=1S/C23H23BrN4O2/c24-20-7-5-19(6-8-20)23(30)28-13-10-18(11-14-28)22(29)25-15-16-1-3-17(4-2-16)21-9-12-26-27-21/h1-9,12,18H,10-11,13-15H2,(H,25,29)(H,26,27). The fraction of sp³-hybridized carbons (Fsp3) is 0.261. The number of amides is 2. The fourth-order valence-corrected chi connectivity index (χ4v) is 3.94. The van der Waals surface area contributed by atoms with Crippen molar-refractivity contribution in [1.29, 1.82) is 0 Å². The lowest BCUT2D eigenvalue weighted by Crippen LogP contribution is -2.42. The van der Waals surface area contributed by atoms with Crippen molar-refractivity contribution in [2.75, 3.05) is 13.1 Å². The van der Waals surface area contributed by atoms with Crippen LogP contribution in [0.4, 0.5) is 0 Å². The first kappa shape index (κ1) is 20.3. The predicted octanol–water partition coefficient (Wildman–Crippen LogP) is 4.01. The van der Waals surface area contributed by atoms with Crippen molar-refractivity contribution < 1.29 is 9.59 Å². The minimum Gasteiger partial charge on any atom is -0.352 e. The Morgan fingerprint density at radius 2 is 1.73 bits per heavy atom. The van der Waals surface area contributed by atoms with E-state index in [-0.39, 0.29) is 17.7 Å². The van der Waals surface area contributed by atoms with Crippen molar-refractivity contribution in [2.24, 2.45) is 5.92 Å². The molecule has 30 heavy (non-hydrogen) atoms. The smallest absolute Gasteiger partial charge is 0.253 e. The number of nitrogens with zero attached hydrogens (tertiary/aromatic N) is 2. The molecular weight excluding hydrogens is 444 g/mol. The quantitative estimate of drug-likeness (QED) is 0.596. The molecule has 1 fully saturated rings. The Balaban J connectivity index is 1.25. The van der Waals surface area contributed by atoms with E-state index in [1.807, 2.05) is 59.5 Å². The summed E-state index contributed by atoms with van der Waals surface area (Å²) in [5.74, 6) is 0.0327. The third-order valence-corrected chi connectivity index (χ3v) is 6.01. The Kier molecular flexibility index (Phi) is 6.28. The number of halogens is 1. The monoisotopic (exact) mass is 466 g/mol. The van der Waals surface area contributed by atoms with E-state index >= 15 is 0 Å². The maximum atomic E-state index is 12.6. The van der Waals surface area contributed by atoms with Crippen LogP contribution in [0.5, 0.6) is 0 Å². The molecule has 7 heteroatoms. The van der Waals surface area contributed by atoms with E-state index in [0.717, 1.165) is 21.3 Å². The van der Waals surface area contributed by atoms with E-state index in [2.05, 4.69) is 31.4 Å². The summed E-state index contributed by atoms with van der Waals surface area (Å²) in [5, 5.41) is 9.94. The number of rotatable bonds is 5. The summed E-state index contributed by atoms with van der Waals surface area (Å²) < 4.78 is 0.949. The highest BCUT2D eigenvalue weighted by Gasteiger charge is 2.27. The molecule has 3 aromatic rings. The first-order chi connectivity index (χ1) is 14.6. The highest BCUT2D eigenvalue weighted by atomic mass is 79.9. The van der Waals surface area contributed by atoms with Crippen molar-refractivity contribution in [3.05, 3.63) is 76.4 Å². The molecule has 0 unspecified atom stereocenters. The van der Waals surface area contributed by atoms with E-state index in [1.165, 1.54) is 0 Å². The van der Waals surface area contributed by atoms with Crippen LogP contribution in [-0.2, 0) is 11.3 Å². The topological polar surface area (TPSA) is 78.1 Å². The predicted molar refractivity (Wildman–Crippen MR) is 119 cm³/mol. The SMILES string of the molecule is O=C(NCc1ccc(-c2ccn[nH]2)cc1)C1CCN(C(=O)c2ccc(Br)cc2)CC1. The van der Waals surface area contributed by atoms with Gasteiger partial charge < -0.3 is 10.2 Å². The van der Waals surface area contributed by atoms with Crippen LogP contribution in [0.15, 0.2) is 65.3 Å². The first-order valence-corrected chi connectivity index (χ1v) is 10.8. The molecule has 0 atom stereocenters. The van der Waals surface area contributed by atoms with E-state index in [1.54, 1.807) is 6.20 Å². The number of hydrogen-bond acceptors (Lipinski definition) is 3. The number of likely N-dealkylation sites (tertiary alicyclic amines) is 1. The van der Waals surface area contributed by atoms with Crippen molar-refractivity contribution in [3.8, 4) is 11.3 Å². The van der Waals surface area contributed by atoms with E-state index in [9.17, 15) is 9.59 Å².